The minimum absolute atomic E-state index is 0.0736. The lowest BCUT2D eigenvalue weighted by atomic mass is 10.0. The molecular weight excluding hydrogens is 538 g/mol. The third kappa shape index (κ3) is 4.63. The minimum atomic E-state index is -1.09. The van der Waals surface area contributed by atoms with Gasteiger partial charge in [-0.25, -0.2) is 14.8 Å². The van der Waals surface area contributed by atoms with E-state index >= 15 is 0 Å². The molecule has 0 saturated carbocycles. The number of aromatic carboxylic acids is 1. The van der Waals surface area contributed by atoms with Crippen LogP contribution >= 0.6 is 38.9 Å². The Morgan fingerprint density at radius 3 is 2.79 bits per heavy atom. The molecule has 1 saturated heterocycles. The van der Waals surface area contributed by atoms with Crippen LogP contribution in [0.15, 0.2) is 10.8 Å². The van der Waals surface area contributed by atoms with Crippen LogP contribution in [-0.2, 0) is 11.8 Å². The monoisotopic (exact) mass is 557 g/mol. The number of methoxy groups -OCH3 is 1. The van der Waals surface area contributed by atoms with Crippen LogP contribution in [0.4, 0.5) is 5.13 Å². The van der Waals surface area contributed by atoms with Crippen molar-refractivity contribution in [2.75, 3.05) is 25.1 Å². The number of carboxylic acid groups (broad SMARTS) is 1. The highest BCUT2D eigenvalue weighted by molar-refractivity contribution is 9.10. The zero-order chi connectivity index (χ0) is 23.9. The van der Waals surface area contributed by atoms with E-state index < -0.39 is 5.97 Å². The van der Waals surface area contributed by atoms with Gasteiger partial charge in [-0.15, -0.1) is 5.10 Å². The Balaban J connectivity index is 1.51. The van der Waals surface area contributed by atoms with Gasteiger partial charge in [-0.1, -0.05) is 22.9 Å². The number of ether oxygens (including phenoxy) is 1. The average molecular weight is 559 g/mol. The lowest BCUT2D eigenvalue weighted by molar-refractivity contribution is 0.0540. The number of hydrogen-bond donors (Lipinski definition) is 3. The Labute approximate surface area is 206 Å². The van der Waals surface area contributed by atoms with Crippen molar-refractivity contribution in [3.63, 3.8) is 0 Å². The number of nitrogens with one attached hydrogen (secondary N) is 2. The normalized spacial score (nSPS) is 18.5. The molecule has 3 aromatic heterocycles. The topological polar surface area (TPSA) is 138 Å². The van der Waals surface area contributed by atoms with Crippen molar-refractivity contribution in [2.45, 2.75) is 25.5 Å². The Bertz CT molecular complexity index is 1210. The maximum Gasteiger partial charge on any atom is 0.348 e. The van der Waals surface area contributed by atoms with E-state index in [2.05, 4.69) is 41.3 Å². The van der Waals surface area contributed by atoms with Gasteiger partial charge in [0.2, 0.25) is 5.82 Å². The summed E-state index contributed by atoms with van der Waals surface area (Å²) in [6.45, 7) is 2.77. The van der Waals surface area contributed by atoms with E-state index in [9.17, 15) is 14.7 Å². The van der Waals surface area contributed by atoms with Gasteiger partial charge >= 0.3 is 5.97 Å². The van der Waals surface area contributed by atoms with Crippen molar-refractivity contribution < 1.29 is 19.4 Å². The number of aromatic nitrogens is 5. The SMILES string of the molecule is COC1CN(c2nc(-c3ncn(C)n3)c(C(=O)O)s2)CCC1NC(=O)c1[nH]c(C)c(Cl)c1Br. The van der Waals surface area contributed by atoms with Crippen molar-refractivity contribution in [3.05, 3.63) is 32.1 Å². The quantitative estimate of drug-likeness (QED) is 0.420. The number of H-pyrrole nitrogens is 1. The second kappa shape index (κ2) is 9.41. The number of rotatable bonds is 6. The summed E-state index contributed by atoms with van der Waals surface area (Å²) in [5.74, 6) is -1.12. The summed E-state index contributed by atoms with van der Waals surface area (Å²) in [6.07, 6.45) is 1.74. The van der Waals surface area contributed by atoms with E-state index in [1.807, 2.05) is 4.90 Å². The van der Waals surface area contributed by atoms with Crippen LogP contribution in [0.1, 0.15) is 32.3 Å². The highest BCUT2D eigenvalue weighted by Gasteiger charge is 2.34. The summed E-state index contributed by atoms with van der Waals surface area (Å²) in [5, 5.41) is 17.8. The first-order valence-corrected chi connectivity index (χ1v) is 11.9. The van der Waals surface area contributed by atoms with Crippen molar-refractivity contribution in [3.8, 4) is 11.5 Å². The highest BCUT2D eigenvalue weighted by Crippen LogP contribution is 2.34. The first-order chi connectivity index (χ1) is 15.7. The number of piperidine rings is 1. The first-order valence-electron chi connectivity index (χ1n) is 9.91. The Hall–Kier alpha value is -2.48. The lowest BCUT2D eigenvalue weighted by Gasteiger charge is -2.37. The van der Waals surface area contributed by atoms with Gasteiger partial charge in [0.1, 0.15) is 22.6 Å². The molecule has 14 heteroatoms. The zero-order valence-electron chi connectivity index (χ0n) is 17.9. The lowest BCUT2D eigenvalue weighted by Crippen LogP contribution is -2.55. The number of amides is 1. The van der Waals surface area contributed by atoms with Crippen molar-refractivity contribution in [1.29, 1.82) is 0 Å². The molecule has 1 aliphatic rings. The van der Waals surface area contributed by atoms with Crippen LogP contribution in [0, 0.1) is 6.92 Å². The molecule has 0 bridgehead atoms. The highest BCUT2D eigenvalue weighted by atomic mass is 79.9. The Morgan fingerprint density at radius 2 is 2.21 bits per heavy atom. The number of aromatic amines is 1. The summed E-state index contributed by atoms with van der Waals surface area (Å²) in [7, 11) is 3.28. The molecule has 2 atom stereocenters. The first kappa shape index (κ1) is 23.7. The van der Waals surface area contributed by atoms with E-state index in [1.165, 1.54) is 11.0 Å². The van der Waals surface area contributed by atoms with Gasteiger partial charge in [0, 0.05) is 32.9 Å². The Kier molecular flexibility index (Phi) is 6.75. The minimum Gasteiger partial charge on any atom is -0.477 e. The van der Waals surface area contributed by atoms with Crippen LogP contribution in [0.2, 0.25) is 5.02 Å². The second-order valence-electron chi connectivity index (χ2n) is 7.56. The van der Waals surface area contributed by atoms with Crippen molar-refractivity contribution in [2.24, 2.45) is 7.05 Å². The molecule has 0 radical (unpaired) electrons. The third-order valence-electron chi connectivity index (χ3n) is 5.35. The standard InChI is InChI=1S/C19H21BrClN7O4S/c1-8-12(21)11(20)13(23-8)17(29)24-9-4-5-28(6-10(9)32-3)19-25-14(15(33-19)18(30)31)16-22-7-27(2)26-16/h7,9-10,23H,4-6H2,1-3H3,(H,24,29)(H,30,31). The van der Waals surface area contributed by atoms with Crippen LogP contribution in [0.3, 0.4) is 0 Å². The van der Waals surface area contributed by atoms with E-state index in [1.54, 1.807) is 21.1 Å². The second-order valence-corrected chi connectivity index (χ2v) is 9.71. The predicted molar refractivity (Wildman–Crippen MR) is 126 cm³/mol. The number of carboxylic acids is 1. The van der Waals surface area contributed by atoms with E-state index in [0.717, 1.165) is 11.3 Å². The van der Waals surface area contributed by atoms with Crippen LogP contribution < -0.4 is 10.2 Å². The van der Waals surface area contributed by atoms with Crippen LogP contribution in [0.5, 0.6) is 0 Å². The summed E-state index contributed by atoms with van der Waals surface area (Å²) in [6, 6.07) is -0.246. The van der Waals surface area contributed by atoms with Gasteiger partial charge in [-0.05, 0) is 29.3 Å². The fourth-order valence-corrected chi connectivity index (χ4v) is 5.30. The summed E-state index contributed by atoms with van der Waals surface area (Å²) < 4.78 is 7.66. The van der Waals surface area contributed by atoms with Crippen LogP contribution in [0.25, 0.3) is 11.5 Å². The molecule has 4 heterocycles. The molecule has 3 N–H and O–H groups in total. The third-order valence-corrected chi connectivity index (χ3v) is 7.95. The number of anilines is 1. The molecule has 11 nitrogen and oxygen atoms in total. The number of aryl methyl sites for hydroxylation is 2. The van der Waals surface area contributed by atoms with Crippen molar-refractivity contribution in [1.82, 2.24) is 30.0 Å². The number of hydrogen-bond acceptors (Lipinski definition) is 8. The van der Waals surface area contributed by atoms with Gasteiger partial charge in [-0.3, -0.25) is 9.48 Å². The largest absolute Gasteiger partial charge is 0.477 e. The maximum absolute atomic E-state index is 12.8. The molecule has 33 heavy (non-hydrogen) atoms. The van der Waals surface area contributed by atoms with Crippen molar-refractivity contribution >= 4 is 55.9 Å². The number of carbonyl (C=O) groups is 2. The number of halogens is 2. The number of nitrogens with zero attached hydrogens (tertiary/aromatic N) is 5. The molecular formula is C19H21BrClN7O4S. The Morgan fingerprint density at radius 1 is 1.45 bits per heavy atom. The summed E-state index contributed by atoms with van der Waals surface area (Å²) >= 11 is 10.6. The van der Waals surface area contributed by atoms with Gasteiger partial charge in [0.15, 0.2) is 5.13 Å². The summed E-state index contributed by atoms with van der Waals surface area (Å²) in [5.41, 5.74) is 1.28. The zero-order valence-corrected chi connectivity index (χ0v) is 21.1. The van der Waals surface area contributed by atoms with Gasteiger partial charge < -0.3 is 25.0 Å². The molecule has 0 aliphatic carbocycles. The van der Waals surface area contributed by atoms with E-state index in [4.69, 9.17) is 16.3 Å². The van der Waals surface area contributed by atoms with E-state index in [0.29, 0.717) is 45.5 Å². The molecule has 0 spiro atoms. The molecule has 1 aliphatic heterocycles. The fraction of sp³-hybridized carbons (Fsp3) is 0.421. The average Bonchev–Trinajstić information content (AvgIpc) is 3.48. The van der Waals surface area contributed by atoms with E-state index in [-0.39, 0.29) is 34.4 Å². The smallest absolute Gasteiger partial charge is 0.348 e. The van der Waals surface area contributed by atoms with Gasteiger partial charge in [0.25, 0.3) is 5.91 Å². The number of thiazole rings is 1. The maximum atomic E-state index is 12.8. The van der Waals surface area contributed by atoms with Crippen LogP contribution in [-0.4, -0.2) is 74.1 Å². The molecule has 4 rings (SSSR count). The molecule has 2 unspecified atom stereocenters. The molecule has 3 aromatic rings. The fourth-order valence-electron chi connectivity index (χ4n) is 3.65. The van der Waals surface area contributed by atoms with Gasteiger partial charge in [0.05, 0.1) is 21.6 Å². The molecule has 176 valence electrons. The molecule has 1 fully saturated rings. The molecule has 1 amide bonds. The number of carbonyl (C=O) groups excluding carboxylic acids is 1. The predicted octanol–water partition coefficient (Wildman–Crippen LogP) is 2.71. The van der Waals surface area contributed by atoms with Gasteiger partial charge in [-0.2, -0.15) is 0 Å². The summed E-state index contributed by atoms with van der Waals surface area (Å²) in [4.78, 5) is 38.2. The molecule has 0 aromatic carbocycles.